The van der Waals surface area contributed by atoms with Crippen molar-refractivity contribution in [2.24, 2.45) is 0 Å². The van der Waals surface area contributed by atoms with Gasteiger partial charge in [-0.2, -0.15) is 0 Å². The van der Waals surface area contributed by atoms with Crippen LogP contribution >= 0.6 is 0 Å². The number of halogens is 1. The number of morpholine rings is 1. The lowest BCUT2D eigenvalue weighted by Crippen LogP contribution is -2.36. The quantitative estimate of drug-likeness (QED) is 0.757. The van der Waals surface area contributed by atoms with E-state index >= 15 is 0 Å². The number of anilines is 1. The number of hydrogen-bond acceptors (Lipinski definition) is 4. The molecule has 0 saturated carbocycles. The Labute approximate surface area is 130 Å². The van der Waals surface area contributed by atoms with Gasteiger partial charge >= 0.3 is 0 Å². The van der Waals surface area contributed by atoms with Crippen molar-refractivity contribution in [1.29, 1.82) is 0 Å². The van der Waals surface area contributed by atoms with Gasteiger partial charge < -0.3 is 19.6 Å². The van der Waals surface area contributed by atoms with E-state index in [1.165, 1.54) is 6.07 Å². The van der Waals surface area contributed by atoms with Crippen LogP contribution in [0.4, 0.5) is 10.1 Å². The van der Waals surface area contributed by atoms with E-state index in [9.17, 15) is 9.18 Å². The molecule has 0 amide bonds. The Hall–Kier alpha value is -2.67. The summed E-state index contributed by atoms with van der Waals surface area (Å²) in [5, 5.41) is 0.790. The van der Waals surface area contributed by atoms with Gasteiger partial charge in [-0.25, -0.2) is 9.37 Å². The highest BCUT2D eigenvalue weighted by molar-refractivity contribution is 5.95. The lowest BCUT2D eigenvalue weighted by atomic mass is 10.1. The standard InChI is InChI=1S/C16H15FN4O2/c17-14-9-18-15(22)6-11(14)13-8-20-16-12(13)5-10(7-19-16)21-1-3-23-4-2-21/h5-9H,1-4H2,(H,18,22)(H,19,20). The summed E-state index contributed by atoms with van der Waals surface area (Å²) >= 11 is 0. The Morgan fingerprint density at radius 1 is 1.13 bits per heavy atom. The van der Waals surface area contributed by atoms with E-state index < -0.39 is 5.82 Å². The van der Waals surface area contributed by atoms with Crippen LogP contribution in [0.15, 0.2) is 35.5 Å². The molecule has 0 atom stereocenters. The van der Waals surface area contributed by atoms with Gasteiger partial charge in [-0.05, 0) is 6.07 Å². The molecule has 6 nitrogen and oxygen atoms in total. The third-order valence-corrected chi connectivity index (χ3v) is 4.06. The fourth-order valence-electron chi connectivity index (χ4n) is 2.87. The minimum Gasteiger partial charge on any atom is -0.378 e. The Balaban J connectivity index is 1.84. The monoisotopic (exact) mass is 314 g/mol. The first kappa shape index (κ1) is 14.0. The molecule has 0 bridgehead atoms. The average Bonchev–Trinajstić information content (AvgIpc) is 3.01. The molecule has 0 radical (unpaired) electrons. The van der Waals surface area contributed by atoms with Crippen LogP contribution in [-0.4, -0.2) is 41.3 Å². The van der Waals surface area contributed by atoms with Gasteiger partial charge in [-0.15, -0.1) is 0 Å². The number of ether oxygens (including phenoxy) is 1. The van der Waals surface area contributed by atoms with Crippen molar-refractivity contribution in [3.8, 4) is 11.1 Å². The van der Waals surface area contributed by atoms with E-state index in [1.54, 1.807) is 12.4 Å². The predicted molar refractivity (Wildman–Crippen MR) is 85.1 cm³/mol. The summed E-state index contributed by atoms with van der Waals surface area (Å²) < 4.78 is 19.4. The molecule has 4 rings (SSSR count). The largest absolute Gasteiger partial charge is 0.378 e. The Bertz CT molecular complexity index is 912. The van der Waals surface area contributed by atoms with Gasteiger partial charge in [0.05, 0.1) is 25.1 Å². The molecule has 118 valence electrons. The summed E-state index contributed by atoms with van der Waals surface area (Å²) in [5.74, 6) is -0.470. The van der Waals surface area contributed by atoms with E-state index in [1.807, 2.05) is 6.07 Å². The van der Waals surface area contributed by atoms with Crippen LogP contribution in [0, 0.1) is 5.82 Å². The summed E-state index contributed by atoms with van der Waals surface area (Å²) in [6.45, 7) is 2.96. The molecule has 1 aliphatic heterocycles. The predicted octanol–water partition coefficient (Wildman–Crippen LogP) is 1.89. The highest BCUT2D eigenvalue weighted by Gasteiger charge is 2.16. The molecule has 0 aromatic carbocycles. The van der Waals surface area contributed by atoms with Crippen LogP contribution in [0.1, 0.15) is 0 Å². The van der Waals surface area contributed by atoms with E-state index in [0.29, 0.717) is 24.4 Å². The third kappa shape index (κ3) is 2.49. The van der Waals surface area contributed by atoms with E-state index in [-0.39, 0.29) is 11.1 Å². The molecule has 4 heterocycles. The van der Waals surface area contributed by atoms with Gasteiger partial charge in [-0.3, -0.25) is 4.79 Å². The van der Waals surface area contributed by atoms with E-state index in [0.717, 1.165) is 30.4 Å². The molecule has 2 N–H and O–H groups in total. The summed E-state index contributed by atoms with van der Waals surface area (Å²) in [5.41, 5.74) is 2.18. The third-order valence-electron chi connectivity index (χ3n) is 4.06. The second-order valence-corrected chi connectivity index (χ2v) is 5.45. The zero-order valence-corrected chi connectivity index (χ0v) is 12.3. The SMILES string of the molecule is O=c1cc(-c2c[nH]c3ncc(N4CCOCC4)cc23)c(F)c[nH]1. The van der Waals surface area contributed by atoms with Gasteiger partial charge in [0.25, 0.3) is 0 Å². The fourth-order valence-corrected chi connectivity index (χ4v) is 2.87. The van der Waals surface area contributed by atoms with Crippen molar-refractivity contribution >= 4 is 16.7 Å². The highest BCUT2D eigenvalue weighted by atomic mass is 19.1. The first-order chi connectivity index (χ1) is 11.2. The number of aromatic nitrogens is 3. The van der Waals surface area contributed by atoms with Crippen molar-refractivity contribution < 1.29 is 9.13 Å². The molecular formula is C16H15FN4O2. The maximum Gasteiger partial charge on any atom is 0.248 e. The second kappa shape index (κ2) is 5.51. The maximum atomic E-state index is 14.1. The number of aromatic amines is 2. The minimum absolute atomic E-state index is 0.265. The number of H-pyrrole nitrogens is 2. The van der Waals surface area contributed by atoms with Crippen LogP contribution in [0.25, 0.3) is 22.2 Å². The number of nitrogens with one attached hydrogen (secondary N) is 2. The molecule has 7 heteroatoms. The summed E-state index contributed by atoms with van der Waals surface area (Å²) in [6.07, 6.45) is 4.55. The maximum absolute atomic E-state index is 14.1. The van der Waals surface area contributed by atoms with E-state index in [4.69, 9.17) is 4.74 Å². The van der Waals surface area contributed by atoms with Crippen LogP contribution in [0.3, 0.4) is 0 Å². The van der Waals surface area contributed by atoms with Crippen LogP contribution in [-0.2, 0) is 4.74 Å². The summed E-state index contributed by atoms with van der Waals surface area (Å²) in [4.78, 5) is 23.5. The van der Waals surface area contributed by atoms with Crippen LogP contribution in [0.5, 0.6) is 0 Å². The van der Waals surface area contributed by atoms with Crippen LogP contribution < -0.4 is 10.5 Å². The van der Waals surface area contributed by atoms with Gasteiger partial charge in [0.1, 0.15) is 11.5 Å². The lowest BCUT2D eigenvalue weighted by Gasteiger charge is -2.28. The van der Waals surface area contributed by atoms with Crippen molar-refractivity contribution in [1.82, 2.24) is 15.0 Å². The summed E-state index contributed by atoms with van der Waals surface area (Å²) in [6, 6.07) is 3.24. The fraction of sp³-hybridized carbons (Fsp3) is 0.250. The van der Waals surface area contributed by atoms with Crippen LogP contribution in [0.2, 0.25) is 0 Å². The van der Waals surface area contributed by atoms with Gasteiger partial charge in [0.2, 0.25) is 5.56 Å². The van der Waals surface area contributed by atoms with Crippen molar-refractivity contribution in [2.75, 3.05) is 31.2 Å². The van der Waals surface area contributed by atoms with Crippen molar-refractivity contribution in [2.45, 2.75) is 0 Å². The van der Waals surface area contributed by atoms with Gasteiger partial charge in [0, 0.05) is 48.1 Å². The zero-order valence-electron chi connectivity index (χ0n) is 12.3. The smallest absolute Gasteiger partial charge is 0.248 e. The first-order valence-corrected chi connectivity index (χ1v) is 7.41. The molecular weight excluding hydrogens is 299 g/mol. The molecule has 3 aromatic heterocycles. The van der Waals surface area contributed by atoms with E-state index in [2.05, 4.69) is 19.9 Å². The Morgan fingerprint density at radius 3 is 2.78 bits per heavy atom. The molecule has 1 aliphatic rings. The topological polar surface area (TPSA) is 74.0 Å². The highest BCUT2D eigenvalue weighted by Crippen LogP contribution is 2.31. The molecule has 0 unspecified atom stereocenters. The second-order valence-electron chi connectivity index (χ2n) is 5.45. The number of nitrogens with zero attached hydrogens (tertiary/aromatic N) is 2. The minimum atomic E-state index is -0.470. The molecule has 23 heavy (non-hydrogen) atoms. The lowest BCUT2D eigenvalue weighted by molar-refractivity contribution is 0.122. The Morgan fingerprint density at radius 2 is 1.96 bits per heavy atom. The molecule has 3 aromatic rings. The number of pyridine rings is 2. The average molecular weight is 314 g/mol. The normalized spacial score (nSPS) is 15.3. The van der Waals surface area contributed by atoms with Crippen molar-refractivity contribution in [3.63, 3.8) is 0 Å². The summed E-state index contributed by atoms with van der Waals surface area (Å²) in [7, 11) is 0. The number of hydrogen-bond donors (Lipinski definition) is 2. The van der Waals surface area contributed by atoms with Gasteiger partial charge in [-0.1, -0.05) is 0 Å². The van der Waals surface area contributed by atoms with Gasteiger partial charge in [0.15, 0.2) is 0 Å². The molecule has 1 saturated heterocycles. The molecule has 0 spiro atoms. The first-order valence-electron chi connectivity index (χ1n) is 7.41. The zero-order chi connectivity index (χ0) is 15.8. The Kier molecular flexibility index (Phi) is 3.34. The number of rotatable bonds is 2. The van der Waals surface area contributed by atoms with Crippen molar-refractivity contribution in [3.05, 3.63) is 46.9 Å². The molecule has 0 aliphatic carbocycles. The number of fused-ring (bicyclic) bond motifs is 1. The molecule has 1 fully saturated rings.